The molecule has 0 aliphatic carbocycles. The van der Waals surface area contributed by atoms with Crippen LogP contribution in [0.3, 0.4) is 0 Å². The lowest BCUT2D eigenvalue weighted by Gasteiger charge is -2.37. The Balaban J connectivity index is 1.88. The average Bonchev–Trinajstić information content (AvgIpc) is 2.87. The fraction of sp³-hybridized carbons (Fsp3) is 0.464. The van der Waals surface area contributed by atoms with E-state index >= 15 is 0 Å². The number of amides is 3. The van der Waals surface area contributed by atoms with Gasteiger partial charge in [0.05, 0.1) is 24.9 Å². The second kappa shape index (κ2) is 12.7. The second-order valence-electron chi connectivity index (χ2n) is 10.0. The van der Waals surface area contributed by atoms with E-state index < -0.39 is 29.8 Å². The zero-order chi connectivity index (χ0) is 28.0. The van der Waals surface area contributed by atoms with E-state index in [0.29, 0.717) is 17.9 Å². The Morgan fingerprint density at radius 1 is 1.32 bits per heavy atom. The highest BCUT2D eigenvalue weighted by molar-refractivity contribution is 5.97. The minimum Gasteiger partial charge on any atom is -0.472 e. The number of ether oxygens (including phenoxy) is 1. The first-order chi connectivity index (χ1) is 18.0. The van der Waals surface area contributed by atoms with Gasteiger partial charge in [0.25, 0.3) is 5.91 Å². The minimum atomic E-state index is -0.763. The third-order valence-corrected chi connectivity index (χ3v) is 6.23. The summed E-state index contributed by atoms with van der Waals surface area (Å²) in [5.74, 6) is 4.57. The molecule has 2 N–H and O–H groups in total. The van der Waals surface area contributed by atoms with Crippen molar-refractivity contribution >= 4 is 17.6 Å². The quantitative estimate of drug-likeness (QED) is 0.550. The molecule has 10 heteroatoms. The van der Waals surface area contributed by atoms with Crippen LogP contribution in [0.2, 0.25) is 0 Å². The van der Waals surface area contributed by atoms with Crippen LogP contribution in [0.4, 0.5) is 19.3 Å². The topological polar surface area (TPSA) is 95.0 Å². The second-order valence-corrected chi connectivity index (χ2v) is 10.0. The van der Waals surface area contributed by atoms with Crippen LogP contribution >= 0.6 is 0 Å². The van der Waals surface area contributed by atoms with Crippen LogP contribution < -0.4 is 10.1 Å². The molecule has 0 radical (unpaired) electrons. The summed E-state index contributed by atoms with van der Waals surface area (Å²) in [6.07, 6.45) is 1.63. The number of aliphatic hydroxyl groups excluding tert-OH is 1. The first kappa shape index (κ1) is 28.9. The fourth-order valence-electron chi connectivity index (χ4n) is 3.90. The molecule has 0 bridgehead atoms. The highest BCUT2D eigenvalue weighted by Crippen LogP contribution is 2.27. The number of benzene rings is 1. The lowest BCUT2D eigenvalue weighted by Crippen LogP contribution is -2.50. The zero-order valence-corrected chi connectivity index (χ0v) is 22.3. The average molecular weight is 529 g/mol. The Labute approximate surface area is 222 Å². The molecule has 204 valence electrons. The van der Waals surface area contributed by atoms with Gasteiger partial charge in [0, 0.05) is 43.8 Å². The molecule has 1 aromatic carbocycles. The number of pyridine rings is 1. The molecule has 0 fully saturated rings. The van der Waals surface area contributed by atoms with Gasteiger partial charge in [0.1, 0.15) is 23.3 Å². The van der Waals surface area contributed by atoms with Crippen LogP contribution in [-0.2, 0) is 0 Å². The van der Waals surface area contributed by atoms with Gasteiger partial charge in [-0.25, -0.2) is 18.6 Å². The van der Waals surface area contributed by atoms with E-state index in [-0.39, 0.29) is 48.7 Å². The van der Waals surface area contributed by atoms with Gasteiger partial charge in [-0.05, 0) is 31.0 Å². The van der Waals surface area contributed by atoms with Gasteiger partial charge in [-0.15, -0.1) is 0 Å². The van der Waals surface area contributed by atoms with Crippen molar-refractivity contribution in [2.45, 2.75) is 46.3 Å². The monoisotopic (exact) mass is 528 g/mol. The number of rotatable bonds is 6. The van der Waals surface area contributed by atoms with Gasteiger partial charge in [-0.2, -0.15) is 0 Å². The highest BCUT2D eigenvalue weighted by Gasteiger charge is 2.34. The number of aromatic nitrogens is 1. The number of hydrogen-bond donors (Lipinski definition) is 2. The van der Waals surface area contributed by atoms with Gasteiger partial charge in [0.15, 0.2) is 0 Å². The number of halogens is 2. The molecule has 2 heterocycles. The molecule has 2 aromatic rings. The summed E-state index contributed by atoms with van der Waals surface area (Å²) < 4.78 is 33.7. The standard InChI is InChI=1S/C28H34F2N4O4/c1-17(2)7-6-8-20-11-22-26(31-13-20)38-25(18(3)14-34(27(22)36)19(4)16-35)15-33(5)28(37)32-24-12-21(29)9-10-23(24)30/h9-13,17-19,25,35H,7,14-16H2,1-5H3,(H,32,37)/t18-,19+,25-/m1/s1. The molecule has 38 heavy (non-hydrogen) atoms. The van der Waals surface area contributed by atoms with Gasteiger partial charge >= 0.3 is 6.03 Å². The number of anilines is 1. The number of carbonyl (C=O) groups is 2. The number of aliphatic hydroxyl groups is 1. The van der Waals surface area contributed by atoms with E-state index in [2.05, 4.69) is 36.0 Å². The fourth-order valence-corrected chi connectivity index (χ4v) is 3.90. The lowest BCUT2D eigenvalue weighted by atomic mass is 10.00. The van der Waals surface area contributed by atoms with E-state index in [0.717, 1.165) is 18.2 Å². The molecule has 0 unspecified atom stereocenters. The summed E-state index contributed by atoms with van der Waals surface area (Å²) in [5.41, 5.74) is 0.504. The molecule has 3 rings (SSSR count). The maximum atomic E-state index is 14.0. The first-order valence-corrected chi connectivity index (χ1v) is 12.5. The summed E-state index contributed by atoms with van der Waals surface area (Å²) in [7, 11) is 1.50. The van der Waals surface area contributed by atoms with Crippen molar-refractivity contribution in [1.82, 2.24) is 14.8 Å². The van der Waals surface area contributed by atoms with Gasteiger partial charge < -0.3 is 25.0 Å². The van der Waals surface area contributed by atoms with E-state index in [1.807, 2.05) is 6.92 Å². The molecule has 1 aliphatic rings. The summed E-state index contributed by atoms with van der Waals surface area (Å²) >= 11 is 0. The van der Waals surface area contributed by atoms with Crippen molar-refractivity contribution in [3.63, 3.8) is 0 Å². The highest BCUT2D eigenvalue weighted by atomic mass is 19.1. The molecule has 1 aromatic heterocycles. The molecule has 0 spiro atoms. The van der Waals surface area contributed by atoms with Crippen molar-refractivity contribution in [3.8, 4) is 17.7 Å². The van der Waals surface area contributed by atoms with Crippen molar-refractivity contribution < 1.29 is 28.2 Å². The van der Waals surface area contributed by atoms with Crippen LogP contribution in [0.15, 0.2) is 30.5 Å². The largest absolute Gasteiger partial charge is 0.472 e. The van der Waals surface area contributed by atoms with Crippen molar-refractivity contribution in [2.75, 3.05) is 32.1 Å². The number of nitrogens with one attached hydrogen (secondary N) is 1. The van der Waals surface area contributed by atoms with Crippen LogP contribution in [-0.4, -0.2) is 70.7 Å². The molecule has 0 saturated carbocycles. The summed E-state index contributed by atoms with van der Waals surface area (Å²) in [6, 6.07) is 3.30. The third kappa shape index (κ3) is 7.19. The van der Waals surface area contributed by atoms with Crippen LogP contribution in [0.1, 0.15) is 50.0 Å². The Morgan fingerprint density at radius 2 is 2.05 bits per heavy atom. The van der Waals surface area contributed by atoms with E-state index in [9.17, 15) is 23.5 Å². The minimum absolute atomic E-state index is 0.0660. The van der Waals surface area contributed by atoms with Crippen molar-refractivity contribution in [2.24, 2.45) is 11.8 Å². The van der Waals surface area contributed by atoms with Gasteiger partial charge in [-0.3, -0.25) is 4.79 Å². The van der Waals surface area contributed by atoms with Crippen LogP contribution in [0.25, 0.3) is 0 Å². The predicted molar refractivity (Wildman–Crippen MR) is 140 cm³/mol. The molecule has 8 nitrogen and oxygen atoms in total. The maximum Gasteiger partial charge on any atom is 0.321 e. The molecule has 3 amide bonds. The Bertz CT molecular complexity index is 1230. The normalized spacial score (nSPS) is 17.9. The lowest BCUT2D eigenvalue weighted by molar-refractivity contribution is 0.0356. The SMILES string of the molecule is CC(C)CC#Cc1cnc2c(c1)C(=O)N([C@@H](C)CO)C[C@@H](C)[C@@H](CN(C)C(=O)Nc1cc(F)ccc1F)O2. The van der Waals surface area contributed by atoms with Crippen LogP contribution in [0.5, 0.6) is 5.88 Å². The molecule has 3 atom stereocenters. The smallest absolute Gasteiger partial charge is 0.321 e. The molecular weight excluding hydrogens is 494 g/mol. The summed E-state index contributed by atoms with van der Waals surface area (Å²) in [5, 5.41) is 12.2. The van der Waals surface area contributed by atoms with E-state index in [1.54, 1.807) is 17.9 Å². The third-order valence-electron chi connectivity index (χ3n) is 6.23. The number of hydrogen-bond acceptors (Lipinski definition) is 5. The number of nitrogens with zero attached hydrogens (tertiary/aromatic N) is 3. The van der Waals surface area contributed by atoms with Crippen molar-refractivity contribution in [3.05, 3.63) is 53.2 Å². The Kier molecular flexibility index (Phi) is 9.64. The van der Waals surface area contributed by atoms with E-state index in [1.165, 1.54) is 18.1 Å². The van der Waals surface area contributed by atoms with Gasteiger partial charge in [0.2, 0.25) is 5.88 Å². The Morgan fingerprint density at radius 3 is 2.74 bits per heavy atom. The summed E-state index contributed by atoms with van der Waals surface area (Å²) in [6.45, 7) is 7.82. The molecular formula is C28H34F2N4O4. The first-order valence-electron chi connectivity index (χ1n) is 12.5. The van der Waals surface area contributed by atoms with Gasteiger partial charge in [-0.1, -0.05) is 32.6 Å². The van der Waals surface area contributed by atoms with E-state index in [4.69, 9.17) is 4.74 Å². The van der Waals surface area contributed by atoms with Crippen molar-refractivity contribution in [1.29, 1.82) is 0 Å². The number of fused-ring (bicyclic) bond motifs is 1. The number of urea groups is 1. The number of carbonyl (C=O) groups excluding carboxylic acids is 2. The Hall–Kier alpha value is -3.71. The predicted octanol–water partition coefficient (Wildman–Crippen LogP) is 4.14. The zero-order valence-electron chi connectivity index (χ0n) is 22.3. The summed E-state index contributed by atoms with van der Waals surface area (Å²) in [4.78, 5) is 33.5. The molecule has 0 saturated heterocycles. The van der Waals surface area contributed by atoms with Crippen LogP contribution in [0, 0.1) is 35.3 Å². The molecule has 1 aliphatic heterocycles. The number of likely N-dealkylation sites (N-methyl/N-ethyl adjacent to an activating group) is 1. The maximum absolute atomic E-state index is 14.0.